The highest BCUT2D eigenvalue weighted by atomic mass is 16.5. The number of aliphatic imine (C=N–C) groups is 1. The normalized spacial score (nSPS) is 16.5. The number of guanidine groups is 1. The summed E-state index contributed by atoms with van der Waals surface area (Å²) < 4.78 is 11.3. The molecule has 7 heteroatoms. The fourth-order valence-corrected chi connectivity index (χ4v) is 3.52. The zero-order chi connectivity index (χ0) is 21.1. The third-order valence-corrected chi connectivity index (χ3v) is 5.04. The number of hydrogen-bond donors (Lipinski definition) is 2. The molecule has 29 heavy (non-hydrogen) atoms. The molecular formula is C22H36N4O3. The van der Waals surface area contributed by atoms with Gasteiger partial charge in [0, 0.05) is 32.1 Å². The molecule has 162 valence electrons. The lowest BCUT2D eigenvalue weighted by Gasteiger charge is -2.27. The van der Waals surface area contributed by atoms with Crippen molar-refractivity contribution in [3.63, 3.8) is 0 Å². The Bertz CT molecular complexity index is 665. The maximum atomic E-state index is 12.0. The molecule has 1 heterocycles. The minimum atomic E-state index is -0.0904. The van der Waals surface area contributed by atoms with E-state index in [4.69, 9.17) is 9.47 Å². The fourth-order valence-electron chi connectivity index (χ4n) is 3.52. The number of carbonyl (C=O) groups is 1. The van der Waals surface area contributed by atoms with Gasteiger partial charge >= 0.3 is 0 Å². The van der Waals surface area contributed by atoms with Gasteiger partial charge in [0.25, 0.3) is 0 Å². The third kappa shape index (κ3) is 7.15. The van der Waals surface area contributed by atoms with Crippen molar-refractivity contribution < 1.29 is 14.3 Å². The first-order valence-corrected chi connectivity index (χ1v) is 10.7. The van der Waals surface area contributed by atoms with Crippen molar-refractivity contribution in [2.45, 2.75) is 58.6 Å². The number of hydrogen-bond acceptors (Lipinski definition) is 4. The van der Waals surface area contributed by atoms with Gasteiger partial charge in [-0.2, -0.15) is 0 Å². The molecule has 0 aliphatic carbocycles. The van der Waals surface area contributed by atoms with Gasteiger partial charge in [-0.15, -0.1) is 0 Å². The summed E-state index contributed by atoms with van der Waals surface area (Å²) in [6, 6.07) is 7.92. The molecule has 2 unspecified atom stereocenters. The monoisotopic (exact) mass is 404 g/mol. The molecule has 2 atom stereocenters. The van der Waals surface area contributed by atoms with Crippen molar-refractivity contribution in [2.75, 3.05) is 33.3 Å². The predicted octanol–water partition coefficient (Wildman–Crippen LogP) is 2.81. The van der Waals surface area contributed by atoms with Gasteiger partial charge in [0.15, 0.2) is 17.5 Å². The van der Waals surface area contributed by atoms with Crippen molar-refractivity contribution in [1.82, 2.24) is 15.5 Å². The Labute approximate surface area is 174 Å². The van der Waals surface area contributed by atoms with Gasteiger partial charge < -0.3 is 25.0 Å². The Hall–Kier alpha value is -2.44. The first-order chi connectivity index (χ1) is 14.1. The summed E-state index contributed by atoms with van der Waals surface area (Å²) >= 11 is 0. The molecule has 1 amide bonds. The molecule has 0 aromatic heterocycles. The summed E-state index contributed by atoms with van der Waals surface area (Å²) in [6.07, 6.45) is 3.48. The molecule has 2 N–H and O–H groups in total. The van der Waals surface area contributed by atoms with E-state index >= 15 is 0 Å². The van der Waals surface area contributed by atoms with E-state index in [1.54, 1.807) is 7.11 Å². The standard InChI is InChI=1S/C22H36N4O3/c1-5-18(26-15-9-12-21(26)27)13-14-24-22(23-6-2)25-16-17(3)29-20-11-8-7-10-19(20)28-4/h7-8,10-11,17-18H,5-6,9,12-16H2,1-4H3,(H2,23,24,25). The van der Waals surface area contributed by atoms with Crippen LogP contribution in [0.5, 0.6) is 11.5 Å². The van der Waals surface area contributed by atoms with Crippen LogP contribution < -0.4 is 20.1 Å². The van der Waals surface area contributed by atoms with E-state index in [1.807, 2.05) is 43.0 Å². The average Bonchev–Trinajstić information content (AvgIpc) is 3.15. The molecule has 0 bridgehead atoms. The van der Waals surface area contributed by atoms with Gasteiger partial charge in [-0.05, 0) is 45.2 Å². The zero-order valence-electron chi connectivity index (χ0n) is 18.2. The average molecular weight is 405 g/mol. The number of nitrogens with zero attached hydrogens (tertiary/aromatic N) is 2. The second kappa shape index (κ2) is 12.2. The largest absolute Gasteiger partial charge is 0.493 e. The number of amides is 1. The van der Waals surface area contributed by atoms with Crippen LogP contribution in [0.25, 0.3) is 0 Å². The molecule has 1 aliphatic heterocycles. The van der Waals surface area contributed by atoms with E-state index in [-0.39, 0.29) is 6.10 Å². The second-order valence-corrected chi connectivity index (χ2v) is 7.27. The van der Waals surface area contributed by atoms with Gasteiger partial charge in [-0.25, -0.2) is 4.99 Å². The highest BCUT2D eigenvalue weighted by molar-refractivity contribution is 5.80. The van der Waals surface area contributed by atoms with Crippen LogP contribution in [-0.2, 0) is 4.79 Å². The van der Waals surface area contributed by atoms with Crippen LogP contribution in [0.1, 0.15) is 46.5 Å². The molecule has 1 fully saturated rings. The molecule has 7 nitrogen and oxygen atoms in total. The Balaban J connectivity index is 1.84. The van der Waals surface area contributed by atoms with Gasteiger partial charge in [-0.1, -0.05) is 19.1 Å². The lowest BCUT2D eigenvalue weighted by Crippen LogP contribution is -2.42. The third-order valence-electron chi connectivity index (χ3n) is 5.04. The van der Waals surface area contributed by atoms with E-state index < -0.39 is 0 Å². The maximum Gasteiger partial charge on any atom is 0.222 e. The van der Waals surface area contributed by atoms with Gasteiger partial charge in [0.05, 0.1) is 13.7 Å². The van der Waals surface area contributed by atoms with E-state index in [0.717, 1.165) is 56.4 Å². The minimum Gasteiger partial charge on any atom is -0.493 e. The number of methoxy groups -OCH3 is 1. The van der Waals surface area contributed by atoms with Gasteiger partial charge in [-0.3, -0.25) is 4.79 Å². The van der Waals surface area contributed by atoms with Gasteiger partial charge in [0.1, 0.15) is 6.10 Å². The van der Waals surface area contributed by atoms with E-state index in [9.17, 15) is 4.79 Å². The Morgan fingerprint density at radius 1 is 1.24 bits per heavy atom. The number of carbonyl (C=O) groups excluding carboxylic acids is 1. The predicted molar refractivity (Wildman–Crippen MR) is 117 cm³/mol. The summed E-state index contributed by atoms with van der Waals surface area (Å²) in [4.78, 5) is 18.7. The molecule has 1 aliphatic rings. The Morgan fingerprint density at radius 3 is 2.62 bits per heavy atom. The first kappa shape index (κ1) is 22.8. The molecule has 0 spiro atoms. The van der Waals surface area contributed by atoms with Crippen molar-refractivity contribution in [1.29, 1.82) is 0 Å². The molecule has 2 rings (SSSR count). The molecular weight excluding hydrogens is 368 g/mol. The molecule has 0 radical (unpaired) electrons. The number of para-hydroxylation sites is 2. The SMILES string of the molecule is CCNC(=NCC(C)Oc1ccccc1OC)NCCC(CC)N1CCCC1=O. The minimum absolute atomic E-state index is 0.0904. The Morgan fingerprint density at radius 2 is 2.00 bits per heavy atom. The lowest BCUT2D eigenvalue weighted by atomic mass is 10.1. The fraction of sp³-hybridized carbons (Fsp3) is 0.636. The summed E-state index contributed by atoms with van der Waals surface area (Å²) in [5.74, 6) is 2.50. The number of rotatable bonds is 11. The smallest absolute Gasteiger partial charge is 0.222 e. The lowest BCUT2D eigenvalue weighted by molar-refractivity contribution is -0.129. The summed E-state index contributed by atoms with van der Waals surface area (Å²) in [6.45, 7) is 9.16. The van der Waals surface area contributed by atoms with Crippen LogP contribution in [0, 0.1) is 0 Å². The summed E-state index contributed by atoms with van der Waals surface area (Å²) in [5, 5.41) is 6.66. The van der Waals surface area contributed by atoms with Crippen molar-refractivity contribution >= 4 is 11.9 Å². The molecule has 0 saturated carbocycles. The molecule has 1 saturated heterocycles. The Kier molecular flexibility index (Phi) is 9.60. The van der Waals surface area contributed by atoms with Crippen LogP contribution in [0.4, 0.5) is 0 Å². The van der Waals surface area contributed by atoms with Gasteiger partial charge in [0.2, 0.25) is 5.91 Å². The zero-order valence-corrected chi connectivity index (χ0v) is 18.2. The van der Waals surface area contributed by atoms with Crippen molar-refractivity contribution in [3.8, 4) is 11.5 Å². The quantitative estimate of drug-likeness (QED) is 0.438. The molecule has 1 aromatic carbocycles. The van der Waals surface area contributed by atoms with Crippen LogP contribution in [0.3, 0.4) is 0 Å². The van der Waals surface area contributed by atoms with E-state index in [1.165, 1.54) is 0 Å². The number of benzene rings is 1. The summed E-state index contributed by atoms with van der Waals surface area (Å²) in [5.41, 5.74) is 0. The van der Waals surface area contributed by atoms with E-state index in [0.29, 0.717) is 24.9 Å². The van der Waals surface area contributed by atoms with E-state index in [2.05, 4.69) is 22.5 Å². The van der Waals surface area contributed by atoms with Crippen LogP contribution in [0.15, 0.2) is 29.3 Å². The summed E-state index contributed by atoms with van der Waals surface area (Å²) in [7, 11) is 1.64. The molecule has 1 aromatic rings. The second-order valence-electron chi connectivity index (χ2n) is 7.27. The highest BCUT2D eigenvalue weighted by Crippen LogP contribution is 2.26. The highest BCUT2D eigenvalue weighted by Gasteiger charge is 2.26. The first-order valence-electron chi connectivity index (χ1n) is 10.7. The maximum absolute atomic E-state index is 12.0. The number of nitrogens with one attached hydrogen (secondary N) is 2. The number of ether oxygens (including phenoxy) is 2. The van der Waals surface area contributed by atoms with Crippen LogP contribution in [0.2, 0.25) is 0 Å². The van der Waals surface area contributed by atoms with Crippen LogP contribution in [-0.4, -0.2) is 62.2 Å². The topological polar surface area (TPSA) is 75.2 Å². The van der Waals surface area contributed by atoms with Crippen molar-refractivity contribution in [3.05, 3.63) is 24.3 Å². The number of likely N-dealkylation sites (tertiary alicyclic amines) is 1. The van der Waals surface area contributed by atoms with Crippen LogP contribution >= 0.6 is 0 Å². The van der Waals surface area contributed by atoms with Crippen molar-refractivity contribution in [2.24, 2.45) is 4.99 Å².